The van der Waals surface area contributed by atoms with Gasteiger partial charge in [0.1, 0.15) is 4.91 Å². The van der Waals surface area contributed by atoms with Gasteiger partial charge >= 0.3 is 0 Å². The first kappa shape index (κ1) is 17.2. The Morgan fingerprint density at radius 2 is 1.73 bits per heavy atom. The molecule has 0 unspecified atom stereocenters. The Hall–Kier alpha value is -2.18. The molecule has 0 aliphatic carbocycles. The van der Waals surface area contributed by atoms with E-state index in [-0.39, 0.29) is 5.91 Å². The molecule has 1 amide bonds. The highest BCUT2D eigenvalue weighted by Gasteiger charge is 2.38. The third-order valence-electron chi connectivity index (χ3n) is 4.35. The molecule has 2 aromatic carbocycles. The van der Waals surface area contributed by atoms with Crippen molar-refractivity contribution in [1.82, 2.24) is 4.90 Å². The number of hydrogen-bond donors (Lipinski definition) is 0. The highest BCUT2D eigenvalue weighted by Crippen LogP contribution is 2.49. The second-order valence-electron chi connectivity index (χ2n) is 6.00. The second kappa shape index (κ2) is 7.21. The fourth-order valence-electron chi connectivity index (χ4n) is 2.97. The highest BCUT2D eigenvalue weighted by atomic mass is 32.2. The quantitative estimate of drug-likeness (QED) is 0.731. The predicted molar refractivity (Wildman–Crippen MR) is 110 cm³/mol. The summed E-state index contributed by atoms with van der Waals surface area (Å²) in [6.45, 7) is 3.20. The molecule has 2 heterocycles. The molecule has 1 saturated heterocycles. The van der Waals surface area contributed by atoms with Crippen molar-refractivity contribution < 1.29 is 4.79 Å². The van der Waals surface area contributed by atoms with Crippen molar-refractivity contribution in [2.75, 3.05) is 18.5 Å². The van der Waals surface area contributed by atoms with Crippen LogP contribution < -0.4 is 4.90 Å². The number of para-hydroxylation sites is 1. The smallest absolute Gasteiger partial charge is 0.269 e. The predicted octanol–water partition coefficient (Wildman–Crippen LogP) is 4.55. The van der Waals surface area contributed by atoms with E-state index in [4.69, 9.17) is 4.99 Å². The zero-order chi connectivity index (χ0) is 18.1. The molecule has 0 atom stereocenters. The van der Waals surface area contributed by atoms with Crippen molar-refractivity contribution in [2.24, 2.45) is 4.99 Å². The first-order valence-electron chi connectivity index (χ1n) is 8.52. The van der Waals surface area contributed by atoms with Crippen LogP contribution in [-0.2, 0) is 11.3 Å². The summed E-state index contributed by atoms with van der Waals surface area (Å²) in [4.78, 5) is 23.5. The molecular weight excluding hydrogens is 362 g/mol. The van der Waals surface area contributed by atoms with Gasteiger partial charge in [0, 0.05) is 18.5 Å². The number of fused-ring (bicyclic) bond motifs is 1. The molecule has 0 spiro atoms. The maximum atomic E-state index is 13.0. The summed E-state index contributed by atoms with van der Waals surface area (Å²) < 4.78 is 0. The second-order valence-corrected chi connectivity index (χ2v) is 8.01. The minimum atomic E-state index is 0.0477. The topological polar surface area (TPSA) is 35.9 Å². The Bertz CT molecular complexity index is 908. The van der Waals surface area contributed by atoms with Gasteiger partial charge < -0.3 is 4.90 Å². The Balaban J connectivity index is 1.64. The van der Waals surface area contributed by atoms with Crippen LogP contribution in [0.5, 0.6) is 0 Å². The number of anilines is 1. The van der Waals surface area contributed by atoms with Crippen molar-refractivity contribution in [1.29, 1.82) is 0 Å². The Morgan fingerprint density at radius 1 is 1.00 bits per heavy atom. The number of amidine groups is 1. The molecule has 132 valence electrons. The van der Waals surface area contributed by atoms with Gasteiger partial charge in [-0.3, -0.25) is 14.7 Å². The number of amides is 1. The van der Waals surface area contributed by atoms with Crippen molar-refractivity contribution in [3.63, 3.8) is 0 Å². The molecule has 2 aromatic rings. The van der Waals surface area contributed by atoms with Crippen LogP contribution in [0.1, 0.15) is 12.5 Å². The van der Waals surface area contributed by atoms with E-state index < -0.39 is 0 Å². The summed E-state index contributed by atoms with van der Waals surface area (Å²) in [6.07, 6.45) is 0. The number of hydrogen-bond acceptors (Lipinski definition) is 5. The molecule has 0 bridgehead atoms. The Labute approximate surface area is 162 Å². The van der Waals surface area contributed by atoms with Crippen LogP contribution >= 0.6 is 23.5 Å². The minimum absolute atomic E-state index is 0.0477. The zero-order valence-corrected chi connectivity index (χ0v) is 16.3. The van der Waals surface area contributed by atoms with Crippen LogP contribution in [-0.4, -0.2) is 29.6 Å². The molecule has 4 nitrogen and oxygen atoms in total. The van der Waals surface area contributed by atoms with Crippen LogP contribution in [0.4, 0.5) is 5.69 Å². The lowest BCUT2D eigenvalue weighted by atomic mass is 10.2. The maximum absolute atomic E-state index is 13.0. The Kier molecular flexibility index (Phi) is 4.78. The fourth-order valence-corrected chi connectivity index (χ4v) is 5.36. The van der Waals surface area contributed by atoms with Crippen LogP contribution in [0, 0.1) is 0 Å². The van der Waals surface area contributed by atoms with Crippen molar-refractivity contribution >= 4 is 40.3 Å². The molecule has 0 aromatic heterocycles. The van der Waals surface area contributed by atoms with Crippen molar-refractivity contribution in [3.8, 4) is 0 Å². The van der Waals surface area contributed by atoms with Crippen LogP contribution in [0.15, 0.2) is 74.4 Å². The first-order chi connectivity index (χ1) is 12.7. The van der Waals surface area contributed by atoms with Gasteiger partial charge in [-0.05, 0) is 36.4 Å². The summed E-state index contributed by atoms with van der Waals surface area (Å²) in [7, 11) is 2.02. The number of carbonyl (C=O) groups excluding carboxylic acids is 1. The maximum Gasteiger partial charge on any atom is 0.269 e. The molecule has 2 aliphatic heterocycles. The van der Waals surface area contributed by atoms with Crippen LogP contribution in [0.2, 0.25) is 0 Å². The van der Waals surface area contributed by atoms with Gasteiger partial charge in [0.25, 0.3) is 5.91 Å². The highest BCUT2D eigenvalue weighted by molar-refractivity contribution is 8.19. The lowest BCUT2D eigenvalue weighted by Gasteiger charge is -2.15. The zero-order valence-electron chi connectivity index (χ0n) is 14.7. The number of rotatable bonds is 3. The molecular formula is C20H19N3OS2. The van der Waals surface area contributed by atoms with Gasteiger partial charge in [-0.25, -0.2) is 0 Å². The number of nitrogens with zero attached hydrogens (tertiary/aromatic N) is 3. The molecule has 26 heavy (non-hydrogen) atoms. The van der Waals surface area contributed by atoms with E-state index in [0.29, 0.717) is 13.1 Å². The lowest BCUT2D eigenvalue weighted by Crippen LogP contribution is -2.29. The standard InChI is InChI=1S/C20H19N3OS2/c1-3-23-18(24)17(19-22(2)15-11-7-8-12-16(15)25-19)26-20(23)21-13-14-9-5-4-6-10-14/h4-12H,3,13H2,1-2H3/b19-17-,21-20?. The number of carbonyl (C=O) groups is 1. The largest absolute Gasteiger partial charge is 0.337 e. The normalized spacial score (nSPS) is 21.0. The molecule has 6 heteroatoms. The number of thioether (sulfide) groups is 2. The molecule has 1 fully saturated rings. The molecule has 0 saturated carbocycles. The van der Waals surface area contributed by atoms with E-state index in [1.165, 1.54) is 16.7 Å². The van der Waals surface area contributed by atoms with Gasteiger partial charge in [-0.1, -0.05) is 54.2 Å². The molecule has 2 aliphatic rings. The molecule has 0 radical (unpaired) electrons. The van der Waals surface area contributed by atoms with Gasteiger partial charge in [-0.15, -0.1) is 0 Å². The summed E-state index contributed by atoms with van der Waals surface area (Å²) in [5.41, 5.74) is 2.29. The monoisotopic (exact) mass is 381 g/mol. The average molecular weight is 382 g/mol. The first-order valence-corrected chi connectivity index (χ1v) is 10.2. The number of aliphatic imine (C=N–C) groups is 1. The molecule has 0 N–H and O–H groups in total. The van der Waals surface area contributed by atoms with E-state index in [2.05, 4.69) is 29.2 Å². The third-order valence-corrected chi connectivity index (χ3v) is 6.82. The van der Waals surface area contributed by atoms with Gasteiger partial charge in [0.05, 0.1) is 17.3 Å². The number of benzene rings is 2. The van der Waals surface area contributed by atoms with E-state index >= 15 is 0 Å². The van der Waals surface area contributed by atoms with E-state index in [1.807, 2.05) is 44.3 Å². The summed E-state index contributed by atoms with van der Waals surface area (Å²) in [5, 5.41) is 1.78. The third kappa shape index (κ3) is 3.04. The summed E-state index contributed by atoms with van der Waals surface area (Å²) in [5.74, 6) is 0.0477. The lowest BCUT2D eigenvalue weighted by molar-refractivity contribution is -0.122. The molecule has 4 rings (SSSR count). The van der Waals surface area contributed by atoms with Crippen LogP contribution in [0.3, 0.4) is 0 Å². The average Bonchev–Trinajstić information content (AvgIpc) is 3.17. The summed E-state index contributed by atoms with van der Waals surface area (Å²) >= 11 is 3.14. The van der Waals surface area contributed by atoms with Crippen molar-refractivity contribution in [3.05, 3.63) is 70.1 Å². The van der Waals surface area contributed by atoms with Gasteiger partial charge in [0.2, 0.25) is 0 Å². The summed E-state index contributed by atoms with van der Waals surface area (Å²) in [6, 6.07) is 18.4. The van der Waals surface area contributed by atoms with E-state index in [9.17, 15) is 4.79 Å². The van der Waals surface area contributed by atoms with Crippen molar-refractivity contribution in [2.45, 2.75) is 18.4 Å². The minimum Gasteiger partial charge on any atom is -0.337 e. The van der Waals surface area contributed by atoms with Gasteiger partial charge in [-0.2, -0.15) is 0 Å². The number of likely N-dealkylation sites (N-methyl/N-ethyl adjacent to an activating group) is 1. The van der Waals surface area contributed by atoms with Crippen LogP contribution in [0.25, 0.3) is 0 Å². The SMILES string of the molecule is CCN1C(=O)/C(=C2/Sc3ccccc3N2C)SC1=NCc1ccccc1. The Morgan fingerprint density at radius 3 is 2.46 bits per heavy atom. The van der Waals surface area contributed by atoms with E-state index in [0.717, 1.165) is 26.4 Å². The van der Waals surface area contributed by atoms with Gasteiger partial charge in [0.15, 0.2) is 5.17 Å². The van der Waals surface area contributed by atoms with E-state index in [1.54, 1.807) is 16.7 Å². The fraction of sp³-hybridized carbons (Fsp3) is 0.200.